The van der Waals surface area contributed by atoms with E-state index < -0.39 is 0 Å². The molecule has 86 valence electrons. The van der Waals surface area contributed by atoms with Gasteiger partial charge in [0.05, 0.1) is 0 Å². The summed E-state index contributed by atoms with van der Waals surface area (Å²) in [6.45, 7) is 7.20. The molecule has 0 radical (unpaired) electrons. The summed E-state index contributed by atoms with van der Waals surface area (Å²) in [4.78, 5) is 13.4. The van der Waals surface area contributed by atoms with Crippen LogP contribution in [0.3, 0.4) is 0 Å². The third-order valence-corrected chi connectivity index (χ3v) is 3.57. The molecule has 0 aromatic rings. The second kappa shape index (κ2) is 4.94. The number of nitrogens with zero attached hydrogens (tertiary/aromatic N) is 1. The number of hydrogen-bond acceptors (Lipinski definition) is 3. The summed E-state index contributed by atoms with van der Waals surface area (Å²) in [5.41, 5.74) is 0. The zero-order valence-corrected chi connectivity index (χ0v) is 9.46. The van der Waals surface area contributed by atoms with Crippen molar-refractivity contribution in [2.24, 2.45) is 5.92 Å². The molecule has 0 aliphatic carbocycles. The highest BCUT2D eigenvalue weighted by Gasteiger charge is 2.28. The van der Waals surface area contributed by atoms with Gasteiger partial charge in [0.15, 0.2) is 0 Å². The lowest BCUT2D eigenvalue weighted by Gasteiger charge is -2.42. The number of carbonyl (C=O) groups is 1. The van der Waals surface area contributed by atoms with Gasteiger partial charge < -0.3 is 10.6 Å². The van der Waals surface area contributed by atoms with Gasteiger partial charge in [-0.2, -0.15) is 0 Å². The Morgan fingerprint density at radius 3 is 2.53 bits per heavy atom. The number of amides is 1. The minimum atomic E-state index is 0.0978. The summed E-state index contributed by atoms with van der Waals surface area (Å²) in [7, 11) is 0. The van der Waals surface area contributed by atoms with Crippen LogP contribution in [-0.4, -0.2) is 49.6 Å². The number of carbonyl (C=O) groups excluding carboxylic acids is 1. The van der Waals surface area contributed by atoms with Crippen LogP contribution in [-0.2, 0) is 4.79 Å². The molecule has 2 saturated heterocycles. The van der Waals surface area contributed by atoms with Crippen LogP contribution in [0.25, 0.3) is 0 Å². The van der Waals surface area contributed by atoms with Gasteiger partial charge in [0.1, 0.15) is 0 Å². The Hall–Kier alpha value is -0.610. The molecule has 4 nitrogen and oxygen atoms in total. The molecule has 0 aromatic heterocycles. The van der Waals surface area contributed by atoms with E-state index in [2.05, 4.69) is 15.5 Å². The normalized spacial score (nSPS) is 24.9. The van der Waals surface area contributed by atoms with E-state index in [1.165, 1.54) is 25.9 Å². The van der Waals surface area contributed by atoms with Crippen molar-refractivity contribution in [2.45, 2.75) is 25.8 Å². The van der Waals surface area contributed by atoms with Gasteiger partial charge in [-0.25, -0.2) is 0 Å². The van der Waals surface area contributed by atoms with Crippen molar-refractivity contribution in [3.8, 4) is 0 Å². The largest absolute Gasteiger partial charge is 0.356 e. The van der Waals surface area contributed by atoms with E-state index >= 15 is 0 Å². The van der Waals surface area contributed by atoms with Crippen molar-refractivity contribution in [3.05, 3.63) is 0 Å². The molecule has 2 heterocycles. The Morgan fingerprint density at radius 2 is 2.07 bits per heavy atom. The molecule has 2 aliphatic heterocycles. The maximum absolute atomic E-state index is 10.8. The van der Waals surface area contributed by atoms with Gasteiger partial charge in [0.25, 0.3) is 0 Å². The lowest BCUT2D eigenvalue weighted by Crippen LogP contribution is -2.59. The van der Waals surface area contributed by atoms with Gasteiger partial charge in [-0.05, 0) is 31.8 Å². The Kier molecular flexibility index (Phi) is 3.59. The fraction of sp³-hybridized carbons (Fsp3) is 0.909. The fourth-order valence-electron chi connectivity index (χ4n) is 2.34. The molecule has 0 unspecified atom stereocenters. The summed E-state index contributed by atoms with van der Waals surface area (Å²) in [5, 5.41) is 6.23. The second-order valence-electron chi connectivity index (χ2n) is 4.73. The summed E-state index contributed by atoms with van der Waals surface area (Å²) >= 11 is 0. The van der Waals surface area contributed by atoms with Crippen molar-refractivity contribution < 1.29 is 4.79 Å². The number of rotatable bonds is 3. The minimum absolute atomic E-state index is 0.0978. The number of likely N-dealkylation sites (tertiary alicyclic amines) is 1. The van der Waals surface area contributed by atoms with Gasteiger partial charge in [0.2, 0.25) is 5.91 Å². The van der Waals surface area contributed by atoms with Crippen LogP contribution in [0, 0.1) is 5.92 Å². The zero-order chi connectivity index (χ0) is 10.7. The molecular formula is C11H21N3O. The van der Waals surface area contributed by atoms with E-state index in [4.69, 9.17) is 0 Å². The van der Waals surface area contributed by atoms with Gasteiger partial charge in [-0.1, -0.05) is 0 Å². The van der Waals surface area contributed by atoms with Crippen LogP contribution in [0.15, 0.2) is 0 Å². The van der Waals surface area contributed by atoms with E-state index in [9.17, 15) is 4.79 Å². The smallest absolute Gasteiger partial charge is 0.216 e. The van der Waals surface area contributed by atoms with Crippen molar-refractivity contribution in [1.29, 1.82) is 0 Å². The molecule has 0 atom stereocenters. The first-order valence-corrected chi connectivity index (χ1v) is 5.95. The van der Waals surface area contributed by atoms with Crippen LogP contribution >= 0.6 is 0 Å². The van der Waals surface area contributed by atoms with E-state index in [1.54, 1.807) is 6.92 Å². The van der Waals surface area contributed by atoms with Crippen LogP contribution in [0.1, 0.15) is 19.8 Å². The molecule has 1 amide bonds. The summed E-state index contributed by atoms with van der Waals surface area (Å²) in [6.07, 6.45) is 2.47. The standard InChI is InChI=1S/C11H21N3O/c1-9(15)13-6-10-2-4-14(5-3-10)11-7-12-8-11/h10-12H,2-8H2,1H3,(H,13,15). The number of piperidine rings is 1. The third-order valence-electron chi connectivity index (χ3n) is 3.57. The number of nitrogens with one attached hydrogen (secondary N) is 2. The molecule has 0 spiro atoms. The molecule has 0 bridgehead atoms. The molecule has 15 heavy (non-hydrogen) atoms. The SMILES string of the molecule is CC(=O)NCC1CCN(C2CNC2)CC1. The highest BCUT2D eigenvalue weighted by Crippen LogP contribution is 2.19. The van der Waals surface area contributed by atoms with Gasteiger partial charge in [0, 0.05) is 32.6 Å². The maximum Gasteiger partial charge on any atom is 0.216 e. The zero-order valence-electron chi connectivity index (χ0n) is 9.46. The molecule has 2 rings (SSSR count). The first kappa shape index (κ1) is 10.9. The third kappa shape index (κ3) is 2.92. The molecule has 4 heteroatoms. The predicted molar refractivity (Wildman–Crippen MR) is 59.6 cm³/mol. The van der Waals surface area contributed by atoms with E-state index in [0.29, 0.717) is 5.92 Å². The van der Waals surface area contributed by atoms with E-state index in [0.717, 1.165) is 25.7 Å². The van der Waals surface area contributed by atoms with Gasteiger partial charge in [-0.3, -0.25) is 9.69 Å². The fourth-order valence-corrected chi connectivity index (χ4v) is 2.34. The average molecular weight is 211 g/mol. The second-order valence-corrected chi connectivity index (χ2v) is 4.73. The Balaban J connectivity index is 1.65. The predicted octanol–water partition coefficient (Wildman–Crippen LogP) is -0.194. The molecule has 0 saturated carbocycles. The Bertz CT molecular complexity index is 220. The highest BCUT2D eigenvalue weighted by molar-refractivity contribution is 5.72. The minimum Gasteiger partial charge on any atom is -0.356 e. The van der Waals surface area contributed by atoms with Crippen molar-refractivity contribution in [1.82, 2.24) is 15.5 Å². The van der Waals surface area contributed by atoms with Gasteiger partial charge in [-0.15, -0.1) is 0 Å². The number of hydrogen-bond donors (Lipinski definition) is 2. The first-order chi connectivity index (χ1) is 7.25. The Morgan fingerprint density at radius 1 is 1.40 bits per heavy atom. The molecule has 2 fully saturated rings. The van der Waals surface area contributed by atoms with E-state index in [1.807, 2.05) is 0 Å². The topological polar surface area (TPSA) is 44.4 Å². The van der Waals surface area contributed by atoms with Crippen LogP contribution in [0.4, 0.5) is 0 Å². The summed E-state index contributed by atoms with van der Waals surface area (Å²) in [5.74, 6) is 0.791. The quantitative estimate of drug-likeness (QED) is 0.680. The lowest BCUT2D eigenvalue weighted by atomic mass is 9.94. The summed E-state index contributed by atoms with van der Waals surface area (Å²) < 4.78 is 0. The Labute approximate surface area is 91.4 Å². The molecule has 2 aliphatic rings. The first-order valence-electron chi connectivity index (χ1n) is 5.95. The average Bonchev–Trinajstić information content (AvgIpc) is 2.14. The van der Waals surface area contributed by atoms with Gasteiger partial charge >= 0.3 is 0 Å². The highest BCUT2D eigenvalue weighted by atomic mass is 16.1. The van der Waals surface area contributed by atoms with Crippen LogP contribution in [0.5, 0.6) is 0 Å². The molecule has 2 N–H and O–H groups in total. The monoisotopic (exact) mass is 211 g/mol. The van der Waals surface area contributed by atoms with Crippen molar-refractivity contribution >= 4 is 5.91 Å². The molecule has 0 aromatic carbocycles. The van der Waals surface area contributed by atoms with Crippen molar-refractivity contribution in [2.75, 3.05) is 32.7 Å². The van der Waals surface area contributed by atoms with Crippen LogP contribution in [0.2, 0.25) is 0 Å². The maximum atomic E-state index is 10.8. The molecular weight excluding hydrogens is 190 g/mol. The van der Waals surface area contributed by atoms with Crippen LogP contribution < -0.4 is 10.6 Å². The van der Waals surface area contributed by atoms with Crippen molar-refractivity contribution in [3.63, 3.8) is 0 Å². The summed E-state index contributed by atoms with van der Waals surface area (Å²) in [6, 6.07) is 0.784. The lowest BCUT2D eigenvalue weighted by molar-refractivity contribution is -0.119. The van der Waals surface area contributed by atoms with E-state index in [-0.39, 0.29) is 5.91 Å².